The van der Waals surface area contributed by atoms with E-state index in [1.54, 1.807) is 0 Å². The minimum absolute atomic E-state index is 0.823. The molecule has 0 aliphatic heterocycles. The predicted octanol–water partition coefficient (Wildman–Crippen LogP) is 2.96. The lowest BCUT2D eigenvalue weighted by Gasteiger charge is -2.28. The summed E-state index contributed by atoms with van der Waals surface area (Å²) in [7, 11) is 0. The molecule has 0 aromatic carbocycles. The molecule has 1 aromatic rings. The minimum atomic E-state index is 0.823. The molecule has 1 aromatic heterocycles. The third kappa shape index (κ3) is 2.74. The lowest BCUT2D eigenvalue weighted by Crippen LogP contribution is -2.24. The number of nitrogens with zero attached hydrogens (tertiary/aromatic N) is 1. The van der Waals surface area contributed by atoms with Gasteiger partial charge in [0, 0.05) is 18.4 Å². The zero-order valence-electron chi connectivity index (χ0n) is 9.71. The van der Waals surface area contributed by atoms with E-state index in [0.717, 1.165) is 30.0 Å². The van der Waals surface area contributed by atoms with Crippen molar-refractivity contribution in [2.24, 2.45) is 11.8 Å². The molecule has 0 spiro atoms. The Bertz CT molecular complexity index is 306. The SMILES string of the molecule is Cc1cnc(NCC2CCCCC2C)[nH]1. The highest BCUT2D eigenvalue weighted by atomic mass is 15.1. The zero-order chi connectivity index (χ0) is 10.7. The molecule has 1 fully saturated rings. The van der Waals surface area contributed by atoms with Crippen molar-refractivity contribution < 1.29 is 0 Å². The molecule has 1 saturated carbocycles. The summed E-state index contributed by atoms with van der Waals surface area (Å²) in [6, 6.07) is 0. The summed E-state index contributed by atoms with van der Waals surface area (Å²) in [4.78, 5) is 7.47. The molecule has 0 amide bonds. The molecule has 2 atom stereocenters. The summed E-state index contributed by atoms with van der Waals surface area (Å²) in [6.45, 7) is 5.47. The highest BCUT2D eigenvalue weighted by Crippen LogP contribution is 2.29. The van der Waals surface area contributed by atoms with Gasteiger partial charge in [0.2, 0.25) is 0 Å². The van der Waals surface area contributed by atoms with Gasteiger partial charge in [-0.3, -0.25) is 0 Å². The lowest BCUT2D eigenvalue weighted by atomic mass is 9.80. The molecule has 2 unspecified atom stereocenters. The van der Waals surface area contributed by atoms with Crippen molar-refractivity contribution in [3.8, 4) is 0 Å². The standard InChI is InChI=1S/C12H21N3/c1-9-5-3-4-6-11(9)8-14-12-13-7-10(2)15-12/h7,9,11H,3-6,8H2,1-2H3,(H2,13,14,15). The van der Waals surface area contributed by atoms with Gasteiger partial charge < -0.3 is 10.3 Å². The van der Waals surface area contributed by atoms with Gasteiger partial charge in [-0.2, -0.15) is 0 Å². The zero-order valence-corrected chi connectivity index (χ0v) is 9.71. The summed E-state index contributed by atoms with van der Waals surface area (Å²) >= 11 is 0. The van der Waals surface area contributed by atoms with E-state index in [0.29, 0.717) is 0 Å². The highest BCUT2D eigenvalue weighted by Gasteiger charge is 2.20. The maximum atomic E-state index is 4.26. The van der Waals surface area contributed by atoms with Crippen LogP contribution in [-0.4, -0.2) is 16.5 Å². The molecule has 15 heavy (non-hydrogen) atoms. The maximum absolute atomic E-state index is 4.26. The fourth-order valence-corrected chi connectivity index (χ4v) is 2.43. The molecule has 3 heteroatoms. The Hall–Kier alpha value is -0.990. The van der Waals surface area contributed by atoms with Crippen molar-refractivity contribution in [1.82, 2.24) is 9.97 Å². The van der Waals surface area contributed by atoms with Gasteiger partial charge in [-0.15, -0.1) is 0 Å². The first-order chi connectivity index (χ1) is 7.25. The number of aromatic amines is 1. The van der Waals surface area contributed by atoms with Crippen molar-refractivity contribution in [2.45, 2.75) is 39.5 Å². The molecule has 84 valence electrons. The smallest absolute Gasteiger partial charge is 0.200 e. The Balaban J connectivity index is 1.81. The van der Waals surface area contributed by atoms with E-state index in [-0.39, 0.29) is 0 Å². The second-order valence-electron chi connectivity index (χ2n) is 4.82. The number of nitrogens with one attached hydrogen (secondary N) is 2. The molecule has 0 radical (unpaired) electrons. The van der Waals surface area contributed by atoms with Crippen molar-refractivity contribution in [3.05, 3.63) is 11.9 Å². The van der Waals surface area contributed by atoms with Crippen LogP contribution < -0.4 is 5.32 Å². The van der Waals surface area contributed by atoms with E-state index < -0.39 is 0 Å². The van der Waals surface area contributed by atoms with Crippen LogP contribution in [0.5, 0.6) is 0 Å². The van der Waals surface area contributed by atoms with Crippen LogP contribution in [0.3, 0.4) is 0 Å². The number of aromatic nitrogens is 2. The van der Waals surface area contributed by atoms with Gasteiger partial charge in [0.05, 0.1) is 0 Å². The third-order valence-corrected chi connectivity index (χ3v) is 3.52. The van der Waals surface area contributed by atoms with E-state index >= 15 is 0 Å². The molecular formula is C12H21N3. The maximum Gasteiger partial charge on any atom is 0.200 e. The number of rotatable bonds is 3. The molecular weight excluding hydrogens is 186 g/mol. The molecule has 1 aliphatic rings. The molecule has 0 saturated heterocycles. The first kappa shape index (κ1) is 10.5. The van der Waals surface area contributed by atoms with E-state index in [1.807, 2.05) is 13.1 Å². The Morgan fingerprint density at radius 2 is 2.27 bits per heavy atom. The van der Waals surface area contributed by atoms with Crippen LogP contribution in [0.4, 0.5) is 5.95 Å². The largest absolute Gasteiger partial charge is 0.356 e. The van der Waals surface area contributed by atoms with Crippen LogP contribution in [0, 0.1) is 18.8 Å². The first-order valence-corrected chi connectivity index (χ1v) is 6.01. The highest BCUT2D eigenvalue weighted by molar-refractivity contribution is 5.25. The fourth-order valence-electron chi connectivity index (χ4n) is 2.43. The van der Waals surface area contributed by atoms with Crippen LogP contribution in [-0.2, 0) is 0 Å². The number of aryl methyl sites for hydroxylation is 1. The minimum Gasteiger partial charge on any atom is -0.356 e. The second kappa shape index (κ2) is 4.69. The van der Waals surface area contributed by atoms with Gasteiger partial charge in [-0.1, -0.05) is 26.2 Å². The van der Waals surface area contributed by atoms with Gasteiger partial charge in [0.15, 0.2) is 5.95 Å². The lowest BCUT2D eigenvalue weighted by molar-refractivity contribution is 0.268. The Morgan fingerprint density at radius 3 is 2.93 bits per heavy atom. The van der Waals surface area contributed by atoms with Crippen LogP contribution in [0.1, 0.15) is 38.3 Å². The van der Waals surface area contributed by atoms with Crippen LogP contribution in [0.15, 0.2) is 6.20 Å². The summed E-state index contributed by atoms with van der Waals surface area (Å²) in [5, 5.41) is 3.40. The number of H-pyrrole nitrogens is 1. The summed E-state index contributed by atoms with van der Waals surface area (Å²) < 4.78 is 0. The normalized spacial score (nSPS) is 26.5. The molecule has 1 aliphatic carbocycles. The van der Waals surface area contributed by atoms with Gasteiger partial charge >= 0.3 is 0 Å². The van der Waals surface area contributed by atoms with Crippen LogP contribution >= 0.6 is 0 Å². The summed E-state index contributed by atoms with van der Waals surface area (Å²) in [5.74, 6) is 2.61. The van der Waals surface area contributed by atoms with Gasteiger partial charge in [0.1, 0.15) is 0 Å². The number of hydrogen-bond donors (Lipinski definition) is 2. The predicted molar refractivity (Wildman–Crippen MR) is 62.9 cm³/mol. The molecule has 3 nitrogen and oxygen atoms in total. The average Bonchev–Trinajstić information content (AvgIpc) is 2.63. The van der Waals surface area contributed by atoms with Gasteiger partial charge in [0.25, 0.3) is 0 Å². The first-order valence-electron chi connectivity index (χ1n) is 6.01. The molecule has 1 heterocycles. The monoisotopic (exact) mass is 207 g/mol. The fraction of sp³-hybridized carbons (Fsp3) is 0.750. The van der Waals surface area contributed by atoms with E-state index in [2.05, 4.69) is 22.2 Å². The molecule has 2 rings (SSSR count). The molecule has 2 N–H and O–H groups in total. The Labute approximate surface area is 91.7 Å². The quantitative estimate of drug-likeness (QED) is 0.800. The Morgan fingerprint density at radius 1 is 1.47 bits per heavy atom. The van der Waals surface area contributed by atoms with Gasteiger partial charge in [-0.05, 0) is 25.2 Å². The Kier molecular flexibility index (Phi) is 3.29. The van der Waals surface area contributed by atoms with Crippen LogP contribution in [0.25, 0.3) is 0 Å². The summed E-state index contributed by atoms with van der Waals surface area (Å²) in [5.41, 5.74) is 1.12. The van der Waals surface area contributed by atoms with E-state index in [4.69, 9.17) is 0 Å². The number of anilines is 1. The molecule has 0 bridgehead atoms. The number of imidazole rings is 1. The van der Waals surface area contributed by atoms with Crippen molar-refractivity contribution in [2.75, 3.05) is 11.9 Å². The number of hydrogen-bond acceptors (Lipinski definition) is 2. The van der Waals surface area contributed by atoms with Crippen molar-refractivity contribution in [3.63, 3.8) is 0 Å². The van der Waals surface area contributed by atoms with Crippen molar-refractivity contribution in [1.29, 1.82) is 0 Å². The average molecular weight is 207 g/mol. The topological polar surface area (TPSA) is 40.7 Å². The second-order valence-corrected chi connectivity index (χ2v) is 4.82. The van der Waals surface area contributed by atoms with E-state index in [1.165, 1.54) is 25.7 Å². The van der Waals surface area contributed by atoms with Gasteiger partial charge in [-0.25, -0.2) is 4.98 Å². The third-order valence-electron chi connectivity index (χ3n) is 3.52. The summed E-state index contributed by atoms with van der Waals surface area (Å²) in [6.07, 6.45) is 7.44. The van der Waals surface area contributed by atoms with Crippen LogP contribution in [0.2, 0.25) is 0 Å². The van der Waals surface area contributed by atoms with E-state index in [9.17, 15) is 0 Å². The van der Waals surface area contributed by atoms with Crippen molar-refractivity contribution >= 4 is 5.95 Å².